The maximum absolute atomic E-state index is 14.6. The minimum absolute atomic E-state index is 0.00835. The zero-order chi connectivity index (χ0) is 32.0. The van der Waals surface area contributed by atoms with Gasteiger partial charge in [0.25, 0.3) is 5.91 Å². The van der Waals surface area contributed by atoms with Crippen molar-refractivity contribution in [1.82, 2.24) is 19.8 Å². The van der Waals surface area contributed by atoms with Crippen molar-refractivity contribution in [3.05, 3.63) is 83.2 Å². The van der Waals surface area contributed by atoms with Gasteiger partial charge in [-0.1, -0.05) is 48.5 Å². The quantitative estimate of drug-likeness (QED) is 0.166. The lowest BCUT2D eigenvalue weighted by Gasteiger charge is -2.39. The van der Waals surface area contributed by atoms with Crippen molar-refractivity contribution in [3.8, 4) is 17.1 Å². The highest BCUT2D eigenvalue weighted by Crippen LogP contribution is 2.40. The number of hydrogen-bond donors (Lipinski definition) is 0. The molecule has 1 aromatic heterocycles. The third-order valence-electron chi connectivity index (χ3n) is 9.76. The molecule has 1 amide bonds. The number of carbonyl (C=O) groups is 1. The van der Waals surface area contributed by atoms with Crippen molar-refractivity contribution >= 4 is 45.0 Å². The van der Waals surface area contributed by atoms with Crippen LogP contribution >= 0.6 is 11.6 Å². The third-order valence-corrected chi connectivity index (χ3v) is 10.1. The highest BCUT2D eigenvalue weighted by molar-refractivity contribution is 6.36. The first-order chi connectivity index (χ1) is 22.3. The van der Waals surface area contributed by atoms with Crippen molar-refractivity contribution in [2.45, 2.75) is 37.3 Å². The van der Waals surface area contributed by atoms with E-state index in [0.717, 1.165) is 60.7 Å². The van der Waals surface area contributed by atoms with Gasteiger partial charge in [0.15, 0.2) is 5.83 Å². The minimum atomic E-state index is -1.04. The Labute approximate surface area is 271 Å². The van der Waals surface area contributed by atoms with Crippen molar-refractivity contribution in [3.63, 3.8) is 0 Å². The summed E-state index contributed by atoms with van der Waals surface area (Å²) >= 11 is 6.48. The van der Waals surface area contributed by atoms with Gasteiger partial charge in [-0.2, -0.15) is 9.97 Å². The molecule has 0 radical (unpaired) electrons. The number of halogens is 3. The Morgan fingerprint density at radius 3 is 2.67 bits per heavy atom. The zero-order valence-electron chi connectivity index (χ0n) is 25.3. The number of hydrogen-bond acceptors (Lipinski definition) is 6. The van der Waals surface area contributed by atoms with Crippen LogP contribution in [0.15, 0.2) is 60.9 Å². The first-order valence-electron chi connectivity index (χ1n) is 15.6. The summed E-state index contributed by atoms with van der Waals surface area (Å²) in [4.78, 5) is 31.8. The molecule has 11 heteroatoms. The van der Waals surface area contributed by atoms with Crippen molar-refractivity contribution in [1.29, 1.82) is 0 Å². The molecule has 3 aliphatic rings. The molecule has 0 saturated carbocycles. The fourth-order valence-electron chi connectivity index (χ4n) is 7.51. The Morgan fingerprint density at radius 1 is 1.11 bits per heavy atom. The van der Waals surface area contributed by atoms with Gasteiger partial charge in [-0.25, -0.2) is 15.4 Å². The number of nitrogens with zero attached hydrogens (tertiary/aromatic N) is 6. The molecule has 3 aromatic carbocycles. The van der Waals surface area contributed by atoms with E-state index in [2.05, 4.69) is 16.3 Å². The van der Waals surface area contributed by atoms with Gasteiger partial charge in [0, 0.05) is 30.4 Å². The second-order valence-electron chi connectivity index (χ2n) is 12.4. The van der Waals surface area contributed by atoms with E-state index < -0.39 is 23.6 Å². The van der Waals surface area contributed by atoms with E-state index in [1.807, 2.05) is 41.3 Å². The van der Waals surface area contributed by atoms with E-state index in [0.29, 0.717) is 29.9 Å². The second kappa shape index (κ2) is 12.1. The maximum Gasteiger partial charge on any atom is 0.319 e. The monoisotopic (exact) mass is 642 g/mol. The average molecular weight is 643 g/mol. The molecule has 0 aliphatic carbocycles. The van der Waals surface area contributed by atoms with Crippen LogP contribution in [-0.4, -0.2) is 83.1 Å². The molecule has 0 spiro atoms. The Bertz CT molecular complexity index is 1900. The van der Waals surface area contributed by atoms with Crippen LogP contribution in [0.3, 0.4) is 0 Å². The van der Waals surface area contributed by atoms with E-state index in [4.69, 9.17) is 32.9 Å². The molecule has 236 valence electrons. The van der Waals surface area contributed by atoms with Crippen LogP contribution in [-0.2, 0) is 4.79 Å². The van der Waals surface area contributed by atoms with Gasteiger partial charge < -0.3 is 19.4 Å². The summed E-state index contributed by atoms with van der Waals surface area (Å²) in [6, 6.07) is 14.3. The van der Waals surface area contributed by atoms with Crippen LogP contribution < -0.4 is 9.64 Å². The highest BCUT2D eigenvalue weighted by atomic mass is 35.5. The summed E-state index contributed by atoms with van der Waals surface area (Å²) in [7, 11) is 0. The van der Waals surface area contributed by atoms with Gasteiger partial charge in [0.1, 0.15) is 24.3 Å². The number of fused-ring (bicyclic) bond motifs is 3. The van der Waals surface area contributed by atoms with Gasteiger partial charge in [-0.15, -0.1) is 0 Å². The fraction of sp³-hybridized carbons (Fsp3) is 0.371. The number of rotatable bonds is 7. The zero-order valence-corrected chi connectivity index (χ0v) is 26.1. The Balaban J connectivity index is 1.30. The molecule has 4 heterocycles. The van der Waals surface area contributed by atoms with E-state index in [9.17, 15) is 13.6 Å². The van der Waals surface area contributed by atoms with Crippen LogP contribution in [0.4, 0.5) is 14.6 Å². The van der Waals surface area contributed by atoms with Crippen molar-refractivity contribution in [2.24, 2.45) is 0 Å². The summed E-state index contributed by atoms with van der Waals surface area (Å²) < 4.78 is 34.8. The summed E-state index contributed by atoms with van der Waals surface area (Å²) in [5.74, 6) is -1.71. The largest absolute Gasteiger partial charge is 0.461 e. The lowest BCUT2D eigenvalue weighted by molar-refractivity contribution is -0.131. The smallest absolute Gasteiger partial charge is 0.319 e. The van der Waals surface area contributed by atoms with Gasteiger partial charge >= 0.3 is 6.01 Å². The van der Waals surface area contributed by atoms with E-state index in [1.165, 1.54) is 11.0 Å². The average Bonchev–Trinajstić information content (AvgIpc) is 3.65. The molecule has 3 aliphatic heterocycles. The molecule has 1 atom stereocenters. The fourth-order valence-corrected chi connectivity index (χ4v) is 7.78. The van der Waals surface area contributed by atoms with Gasteiger partial charge in [-0.05, 0) is 73.5 Å². The lowest BCUT2D eigenvalue weighted by Crippen LogP contribution is -2.56. The SMILES string of the molecule is [C-]#[N+]C[C@H]1CN(c2nc(OCC34CCCN3CCC4)nc3cc(-c4cccc5ccc(F)c(Cl)c45)ccc23)CCN1C(=O)C(=C)F. The molecular formula is C35H33ClF2N6O2. The van der Waals surface area contributed by atoms with E-state index >= 15 is 0 Å². The normalized spacial score (nSPS) is 19.4. The molecule has 4 aromatic rings. The molecule has 0 N–H and O–H groups in total. The molecule has 0 bridgehead atoms. The number of benzene rings is 3. The minimum Gasteiger partial charge on any atom is -0.461 e. The van der Waals surface area contributed by atoms with Gasteiger partial charge in [-0.3, -0.25) is 9.69 Å². The van der Waals surface area contributed by atoms with Gasteiger partial charge in [0.2, 0.25) is 6.54 Å². The number of piperazine rings is 1. The van der Waals surface area contributed by atoms with Crippen molar-refractivity contribution < 1.29 is 18.3 Å². The predicted molar refractivity (Wildman–Crippen MR) is 175 cm³/mol. The first kappa shape index (κ1) is 30.3. The van der Waals surface area contributed by atoms with Crippen LogP contribution in [0.25, 0.3) is 37.6 Å². The number of aromatic nitrogens is 2. The summed E-state index contributed by atoms with van der Waals surface area (Å²) in [6.45, 7) is 14.1. The molecule has 0 unspecified atom stereocenters. The van der Waals surface area contributed by atoms with Gasteiger partial charge in [0.05, 0.1) is 16.1 Å². The Hall–Kier alpha value is -4.33. The molecule has 8 nitrogen and oxygen atoms in total. The van der Waals surface area contributed by atoms with Crippen LogP contribution in [0.5, 0.6) is 6.01 Å². The highest BCUT2D eigenvalue weighted by Gasteiger charge is 2.45. The summed E-state index contributed by atoms with van der Waals surface area (Å²) in [6.07, 6.45) is 4.43. The van der Waals surface area contributed by atoms with E-state index in [1.54, 1.807) is 6.07 Å². The number of ether oxygens (including phenoxy) is 1. The van der Waals surface area contributed by atoms with Crippen LogP contribution in [0.1, 0.15) is 25.7 Å². The number of anilines is 1. The number of carbonyl (C=O) groups excluding carboxylic acids is 1. The Morgan fingerprint density at radius 2 is 1.91 bits per heavy atom. The maximum atomic E-state index is 14.6. The second-order valence-corrected chi connectivity index (χ2v) is 12.8. The number of amides is 1. The summed E-state index contributed by atoms with van der Waals surface area (Å²) in [5.41, 5.74) is 2.20. The topological polar surface area (TPSA) is 66.2 Å². The lowest BCUT2D eigenvalue weighted by atomic mass is 9.95. The molecular weight excluding hydrogens is 610 g/mol. The molecule has 3 saturated heterocycles. The van der Waals surface area contributed by atoms with Crippen LogP contribution in [0.2, 0.25) is 5.02 Å². The Kier molecular flexibility index (Phi) is 7.99. The first-order valence-corrected chi connectivity index (χ1v) is 16.0. The summed E-state index contributed by atoms with van der Waals surface area (Å²) in [5, 5.41) is 2.26. The molecule has 7 rings (SSSR count). The van der Waals surface area contributed by atoms with Crippen LogP contribution in [0, 0.1) is 12.4 Å². The third kappa shape index (κ3) is 5.31. The standard InChI is InChI=1S/C35H33ClF2N6O2/c1-22(37)33(45)44-17-16-42(20-25(44)19-39-2)32-27-10-8-24(26-7-3-6-23-9-11-28(38)31(36)30(23)26)18-29(27)40-34(41-32)46-21-35-12-4-14-43(35)15-5-13-35/h3,6-11,18,25H,1,4-5,12-17,19-21H2/t25-/m0/s1. The van der Waals surface area contributed by atoms with Crippen molar-refractivity contribution in [2.75, 3.05) is 50.8 Å². The molecule has 46 heavy (non-hydrogen) atoms. The predicted octanol–water partition coefficient (Wildman–Crippen LogP) is 6.67. The molecule has 3 fully saturated rings. The van der Waals surface area contributed by atoms with E-state index in [-0.39, 0.29) is 36.2 Å².